The van der Waals surface area contributed by atoms with Crippen molar-refractivity contribution < 1.29 is 13.5 Å². The second-order valence-corrected chi connectivity index (χ2v) is 5.23. The predicted octanol–water partition coefficient (Wildman–Crippen LogP) is 3.56. The molecule has 0 fully saturated rings. The van der Waals surface area contributed by atoms with Gasteiger partial charge < -0.3 is 9.72 Å². The average Bonchev–Trinajstić information content (AvgIpc) is 2.90. The normalized spacial score (nSPS) is 17.5. The molecule has 0 saturated carbocycles. The van der Waals surface area contributed by atoms with E-state index in [1.54, 1.807) is 0 Å². The van der Waals surface area contributed by atoms with Gasteiger partial charge in [-0.3, -0.25) is 0 Å². The number of rotatable bonds is 1. The van der Waals surface area contributed by atoms with Gasteiger partial charge in [0.15, 0.2) is 11.6 Å². The van der Waals surface area contributed by atoms with Crippen molar-refractivity contribution in [2.24, 2.45) is 0 Å². The number of ether oxygens (including phenoxy) is 1. The molecule has 1 unspecified atom stereocenters. The van der Waals surface area contributed by atoms with E-state index in [4.69, 9.17) is 4.74 Å². The zero-order valence-corrected chi connectivity index (χ0v) is 11.1. The van der Waals surface area contributed by atoms with Gasteiger partial charge in [0.2, 0.25) is 0 Å². The number of para-hydroxylation sites is 1. The molecule has 0 radical (unpaired) electrons. The SMILES string of the molecule is Fc1cc2nc(C3COc4ccccc4C3)[nH]c2cc1F. The van der Waals surface area contributed by atoms with E-state index in [1.807, 2.05) is 24.3 Å². The molecule has 0 amide bonds. The first-order chi connectivity index (χ1) is 10.2. The first kappa shape index (κ1) is 12.3. The third kappa shape index (κ3) is 2.05. The molecular formula is C16H12F2N2O. The van der Waals surface area contributed by atoms with Crippen LogP contribution in [0.1, 0.15) is 17.3 Å². The van der Waals surface area contributed by atoms with E-state index >= 15 is 0 Å². The van der Waals surface area contributed by atoms with E-state index in [9.17, 15) is 8.78 Å². The summed E-state index contributed by atoms with van der Waals surface area (Å²) in [6, 6.07) is 10.1. The van der Waals surface area contributed by atoms with E-state index in [-0.39, 0.29) is 5.92 Å². The van der Waals surface area contributed by atoms with Crippen LogP contribution in [0.15, 0.2) is 36.4 Å². The summed E-state index contributed by atoms with van der Waals surface area (Å²) in [6.07, 6.45) is 0.793. The first-order valence-electron chi connectivity index (χ1n) is 6.76. The highest BCUT2D eigenvalue weighted by Crippen LogP contribution is 2.32. The van der Waals surface area contributed by atoms with Crippen LogP contribution in [0.25, 0.3) is 11.0 Å². The van der Waals surface area contributed by atoms with Crippen LogP contribution in [0.4, 0.5) is 8.78 Å². The Labute approximate surface area is 119 Å². The van der Waals surface area contributed by atoms with Gasteiger partial charge in [-0.1, -0.05) is 18.2 Å². The number of halogens is 2. The van der Waals surface area contributed by atoms with E-state index in [2.05, 4.69) is 9.97 Å². The fourth-order valence-electron chi connectivity index (χ4n) is 2.72. The lowest BCUT2D eigenvalue weighted by Gasteiger charge is -2.23. The Kier molecular flexibility index (Phi) is 2.67. The molecule has 1 aliphatic heterocycles. The molecule has 0 aliphatic carbocycles. The highest BCUT2D eigenvalue weighted by Gasteiger charge is 2.24. The van der Waals surface area contributed by atoms with Crippen molar-refractivity contribution >= 4 is 11.0 Å². The second kappa shape index (κ2) is 4.55. The lowest BCUT2D eigenvalue weighted by atomic mass is 9.96. The van der Waals surface area contributed by atoms with Gasteiger partial charge in [0.25, 0.3) is 0 Å². The van der Waals surface area contributed by atoms with Crippen molar-refractivity contribution in [1.82, 2.24) is 9.97 Å². The van der Waals surface area contributed by atoms with Crippen molar-refractivity contribution in [2.75, 3.05) is 6.61 Å². The molecule has 5 heteroatoms. The molecule has 0 spiro atoms. The Morgan fingerprint density at radius 3 is 2.86 bits per heavy atom. The van der Waals surface area contributed by atoms with E-state index in [0.717, 1.165) is 29.9 Å². The minimum atomic E-state index is -0.884. The topological polar surface area (TPSA) is 37.9 Å². The molecule has 21 heavy (non-hydrogen) atoms. The molecule has 1 atom stereocenters. The molecule has 1 aliphatic rings. The van der Waals surface area contributed by atoms with Crippen molar-refractivity contribution in [3.63, 3.8) is 0 Å². The Balaban J connectivity index is 1.71. The number of fused-ring (bicyclic) bond motifs is 2. The summed E-state index contributed by atoms with van der Waals surface area (Å²) in [5.74, 6) is -0.112. The van der Waals surface area contributed by atoms with E-state index < -0.39 is 11.6 Å². The first-order valence-corrected chi connectivity index (χ1v) is 6.76. The quantitative estimate of drug-likeness (QED) is 0.742. The standard InChI is InChI=1S/C16H12F2N2O/c17-11-6-13-14(7-12(11)18)20-16(19-13)10-5-9-3-1-2-4-15(9)21-8-10/h1-4,6-7,10H,5,8H2,(H,19,20). The number of hydrogen-bond donors (Lipinski definition) is 1. The maximum atomic E-state index is 13.2. The van der Waals surface area contributed by atoms with Crippen molar-refractivity contribution in [1.29, 1.82) is 0 Å². The summed E-state index contributed by atoms with van der Waals surface area (Å²) in [5.41, 5.74) is 2.05. The number of imidazole rings is 1. The van der Waals surface area contributed by atoms with Crippen LogP contribution in [-0.4, -0.2) is 16.6 Å². The van der Waals surface area contributed by atoms with Gasteiger partial charge in [0, 0.05) is 12.1 Å². The third-order valence-electron chi connectivity index (χ3n) is 3.81. The zero-order chi connectivity index (χ0) is 14.4. The maximum absolute atomic E-state index is 13.2. The molecule has 3 nitrogen and oxygen atoms in total. The largest absolute Gasteiger partial charge is 0.493 e. The molecule has 2 heterocycles. The third-order valence-corrected chi connectivity index (χ3v) is 3.81. The Hall–Kier alpha value is -2.43. The van der Waals surface area contributed by atoms with Gasteiger partial charge in [0.05, 0.1) is 23.6 Å². The fourth-order valence-corrected chi connectivity index (χ4v) is 2.72. The van der Waals surface area contributed by atoms with Crippen LogP contribution in [0, 0.1) is 11.6 Å². The smallest absolute Gasteiger partial charge is 0.161 e. The summed E-state index contributed by atoms with van der Waals surface area (Å²) in [5, 5.41) is 0. The number of benzene rings is 2. The number of aromatic amines is 1. The number of H-pyrrole nitrogens is 1. The summed E-state index contributed by atoms with van der Waals surface area (Å²) < 4.78 is 32.2. The summed E-state index contributed by atoms with van der Waals surface area (Å²) in [7, 11) is 0. The second-order valence-electron chi connectivity index (χ2n) is 5.23. The summed E-state index contributed by atoms with van der Waals surface area (Å²) in [4.78, 5) is 7.44. The molecule has 0 saturated heterocycles. The fraction of sp³-hybridized carbons (Fsp3) is 0.188. The van der Waals surface area contributed by atoms with Crippen molar-refractivity contribution in [3.8, 4) is 5.75 Å². The Bertz CT molecular complexity index is 789. The van der Waals surface area contributed by atoms with Crippen LogP contribution in [-0.2, 0) is 6.42 Å². The number of aromatic nitrogens is 2. The van der Waals surface area contributed by atoms with Crippen molar-refractivity contribution in [3.05, 3.63) is 59.4 Å². The maximum Gasteiger partial charge on any atom is 0.161 e. The van der Waals surface area contributed by atoms with Gasteiger partial charge in [-0.2, -0.15) is 0 Å². The number of nitrogens with zero attached hydrogens (tertiary/aromatic N) is 1. The monoisotopic (exact) mass is 286 g/mol. The molecule has 4 rings (SSSR count). The van der Waals surface area contributed by atoms with Crippen LogP contribution in [0.3, 0.4) is 0 Å². The molecule has 3 aromatic rings. The lowest BCUT2D eigenvalue weighted by Crippen LogP contribution is -2.20. The lowest BCUT2D eigenvalue weighted by molar-refractivity contribution is 0.258. The van der Waals surface area contributed by atoms with Gasteiger partial charge in [-0.15, -0.1) is 0 Å². The number of hydrogen-bond acceptors (Lipinski definition) is 2. The van der Waals surface area contributed by atoms with Gasteiger partial charge >= 0.3 is 0 Å². The van der Waals surface area contributed by atoms with E-state index in [1.165, 1.54) is 0 Å². The van der Waals surface area contributed by atoms with Crippen molar-refractivity contribution in [2.45, 2.75) is 12.3 Å². The zero-order valence-electron chi connectivity index (χ0n) is 11.1. The molecule has 0 bridgehead atoms. The summed E-state index contributed by atoms with van der Waals surface area (Å²) in [6.45, 7) is 0.502. The van der Waals surface area contributed by atoms with Gasteiger partial charge in [-0.05, 0) is 18.1 Å². The molecule has 106 valence electrons. The highest BCUT2D eigenvalue weighted by atomic mass is 19.2. The average molecular weight is 286 g/mol. The van der Waals surface area contributed by atoms with Crippen LogP contribution < -0.4 is 4.74 Å². The van der Waals surface area contributed by atoms with Crippen LogP contribution in [0.5, 0.6) is 5.75 Å². The minimum absolute atomic E-state index is 0.0541. The Morgan fingerprint density at radius 1 is 1.14 bits per heavy atom. The molecule has 1 N–H and O–H groups in total. The Morgan fingerprint density at radius 2 is 1.95 bits per heavy atom. The van der Waals surface area contributed by atoms with Gasteiger partial charge in [0.1, 0.15) is 11.6 Å². The number of nitrogens with one attached hydrogen (secondary N) is 1. The van der Waals surface area contributed by atoms with Crippen LogP contribution in [0.2, 0.25) is 0 Å². The predicted molar refractivity (Wildman–Crippen MR) is 74.4 cm³/mol. The van der Waals surface area contributed by atoms with Crippen LogP contribution >= 0.6 is 0 Å². The molecule has 2 aromatic carbocycles. The molecular weight excluding hydrogens is 274 g/mol. The highest BCUT2D eigenvalue weighted by molar-refractivity contribution is 5.75. The minimum Gasteiger partial charge on any atom is -0.493 e. The summed E-state index contributed by atoms with van der Waals surface area (Å²) >= 11 is 0. The van der Waals surface area contributed by atoms with E-state index in [0.29, 0.717) is 23.5 Å². The molecule has 1 aromatic heterocycles. The van der Waals surface area contributed by atoms with Gasteiger partial charge in [-0.25, -0.2) is 13.8 Å².